The van der Waals surface area contributed by atoms with Crippen molar-refractivity contribution in [2.45, 2.75) is 57.1 Å². The van der Waals surface area contributed by atoms with Crippen molar-refractivity contribution in [3.05, 3.63) is 0 Å². The van der Waals surface area contributed by atoms with Crippen LogP contribution < -0.4 is 10.0 Å². The molecular formula is C13H26N2O3S. The summed E-state index contributed by atoms with van der Waals surface area (Å²) in [4.78, 5) is 0. The van der Waals surface area contributed by atoms with E-state index in [2.05, 4.69) is 10.0 Å². The Morgan fingerprint density at radius 3 is 2.47 bits per heavy atom. The van der Waals surface area contributed by atoms with E-state index in [1.807, 2.05) is 0 Å². The third kappa shape index (κ3) is 5.02. The topological polar surface area (TPSA) is 78.4 Å². The number of sulfonamides is 1. The van der Waals surface area contributed by atoms with Crippen LogP contribution in [0.2, 0.25) is 0 Å². The monoisotopic (exact) mass is 290 g/mol. The Hall–Kier alpha value is -0.170. The Bertz CT molecular complexity index is 366. The van der Waals surface area contributed by atoms with Crippen LogP contribution in [0, 0.1) is 5.92 Å². The van der Waals surface area contributed by atoms with Gasteiger partial charge >= 0.3 is 0 Å². The van der Waals surface area contributed by atoms with Gasteiger partial charge in [-0.25, -0.2) is 13.1 Å². The minimum atomic E-state index is -3.24. The average Bonchev–Trinajstić information content (AvgIpc) is 2.40. The van der Waals surface area contributed by atoms with Crippen LogP contribution in [0.15, 0.2) is 0 Å². The molecule has 0 aromatic rings. The van der Waals surface area contributed by atoms with Crippen molar-refractivity contribution in [2.75, 3.05) is 18.8 Å². The molecule has 2 rings (SSSR count). The van der Waals surface area contributed by atoms with E-state index in [0.717, 1.165) is 51.6 Å². The van der Waals surface area contributed by atoms with Crippen molar-refractivity contribution < 1.29 is 13.5 Å². The van der Waals surface area contributed by atoms with Crippen LogP contribution >= 0.6 is 0 Å². The fourth-order valence-corrected chi connectivity index (χ4v) is 4.53. The van der Waals surface area contributed by atoms with Crippen molar-refractivity contribution in [1.29, 1.82) is 0 Å². The van der Waals surface area contributed by atoms with Gasteiger partial charge in [0.1, 0.15) is 0 Å². The molecule has 0 aromatic carbocycles. The molecule has 2 atom stereocenters. The molecular weight excluding hydrogens is 264 g/mol. The Morgan fingerprint density at radius 2 is 1.79 bits per heavy atom. The third-order valence-corrected chi connectivity index (χ3v) is 5.75. The van der Waals surface area contributed by atoms with Gasteiger partial charge < -0.3 is 10.4 Å². The first-order chi connectivity index (χ1) is 9.07. The number of piperidine rings is 1. The van der Waals surface area contributed by atoms with Crippen LogP contribution in [-0.2, 0) is 10.0 Å². The SMILES string of the molecule is O=S(=O)(CCC1CCNCC1)NC1CCCCC1O. The summed E-state index contributed by atoms with van der Waals surface area (Å²) in [6.07, 6.45) is 5.83. The second-order valence-corrected chi connectivity index (χ2v) is 7.75. The van der Waals surface area contributed by atoms with Crippen molar-refractivity contribution >= 4 is 10.0 Å². The zero-order chi connectivity index (χ0) is 13.7. The normalized spacial score (nSPS) is 30.4. The lowest BCUT2D eigenvalue weighted by molar-refractivity contribution is 0.101. The molecule has 0 bridgehead atoms. The summed E-state index contributed by atoms with van der Waals surface area (Å²) in [5.41, 5.74) is 0. The highest BCUT2D eigenvalue weighted by atomic mass is 32.2. The lowest BCUT2D eigenvalue weighted by atomic mass is 9.93. The molecule has 0 spiro atoms. The third-order valence-electron chi connectivity index (χ3n) is 4.31. The van der Waals surface area contributed by atoms with Crippen LogP contribution in [0.25, 0.3) is 0 Å². The van der Waals surface area contributed by atoms with E-state index in [1.54, 1.807) is 0 Å². The number of hydrogen-bond acceptors (Lipinski definition) is 4. The number of aliphatic hydroxyl groups excluding tert-OH is 1. The van der Waals surface area contributed by atoms with Gasteiger partial charge in [0.25, 0.3) is 0 Å². The first-order valence-electron chi connectivity index (χ1n) is 7.45. The smallest absolute Gasteiger partial charge is 0.211 e. The summed E-state index contributed by atoms with van der Waals surface area (Å²) in [5.74, 6) is 0.718. The Kier molecular flexibility index (Phi) is 5.62. The van der Waals surface area contributed by atoms with Crippen LogP contribution in [0.4, 0.5) is 0 Å². The fourth-order valence-electron chi connectivity index (χ4n) is 3.03. The van der Waals surface area contributed by atoms with Crippen LogP contribution in [-0.4, -0.2) is 44.5 Å². The molecule has 3 N–H and O–H groups in total. The molecule has 1 saturated heterocycles. The van der Waals surface area contributed by atoms with Crippen LogP contribution in [0.3, 0.4) is 0 Å². The van der Waals surface area contributed by atoms with E-state index in [0.29, 0.717) is 12.3 Å². The largest absolute Gasteiger partial charge is 0.391 e. The van der Waals surface area contributed by atoms with Gasteiger partial charge in [-0.15, -0.1) is 0 Å². The fraction of sp³-hybridized carbons (Fsp3) is 1.00. The number of hydrogen-bond donors (Lipinski definition) is 3. The summed E-state index contributed by atoms with van der Waals surface area (Å²) in [6, 6.07) is -0.272. The number of rotatable bonds is 5. The van der Waals surface area contributed by atoms with Gasteiger partial charge in [0.05, 0.1) is 11.9 Å². The summed E-state index contributed by atoms with van der Waals surface area (Å²) in [7, 11) is -3.24. The summed E-state index contributed by atoms with van der Waals surface area (Å²) in [6.45, 7) is 2.00. The highest BCUT2D eigenvalue weighted by Gasteiger charge is 2.27. The van der Waals surface area contributed by atoms with Gasteiger partial charge in [-0.05, 0) is 51.1 Å². The molecule has 5 nitrogen and oxygen atoms in total. The summed E-state index contributed by atoms with van der Waals surface area (Å²) < 4.78 is 26.8. The van der Waals surface area contributed by atoms with E-state index < -0.39 is 16.1 Å². The minimum absolute atomic E-state index is 0.195. The van der Waals surface area contributed by atoms with E-state index in [1.165, 1.54) is 0 Å². The molecule has 2 unspecified atom stereocenters. The molecule has 1 saturated carbocycles. The first kappa shape index (κ1) is 15.2. The molecule has 112 valence electrons. The molecule has 1 aliphatic carbocycles. The lowest BCUT2D eigenvalue weighted by Crippen LogP contribution is -2.46. The molecule has 1 aliphatic heterocycles. The molecule has 2 fully saturated rings. The lowest BCUT2D eigenvalue weighted by Gasteiger charge is -2.28. The summed E-state index contributed by atoms with van der Waals surface area (Å²) in [5, 5.41) is 13.1. The van der Waals surface area contributed by atoms with E-state index in [-0.39, 0.29) is 11.8 Å². The van der Waals surface area contributed by atoms with E-state index in [4.69, 9.17) is 0 Å². The average molecular weight is 290 g/mol. The highest BCUT2D eigenvalue weighted by molar-refractivity contribution is 7.89. The van der Waals surface area contributed by atoms with Crippen molar-refractivity contribution in [3.63, 3.8) is 0 Å². The van der Waals surface area contributed by atoms with Crippen LogP contribution in [0.5, 0.6) is 0 Å². The maximum absolute atomic E-state index is 12.0. The van der Waals surface area contributed by atoms with E-state index in [9.17, 15) is 13.5 Å². The van der Waals surface area contributed by atoms with Crippen molar-refractivity contribution in [2.24, 2.45) is 5.92 Å². The number of nitrogens with one attached hydrogen (secondary N) is 2. The van der Waals surface area contributed by atoms with Crippen molar-refractivity contribution in [1.82, 2.24) is 10.0 Å². The van der Waals surface area contributed by atoms with Gasteiger partial charge in [-0.2, -0.15) is 0 Å². The maximum Gasteiger partial charge on any atom is 0.211 e. The second kappa shape index (κ2) is 7.02. The molecule has 1 heterocycles. The summed E-state index contributed by atoms with van der Waals surface area (Å²) >= 11 is 0. The molecule has 2 aliphatic rings. The molecule has 0 radical (unpaired) electrons. The number of aliphatic hydroxyl groups is 1. The molecule has 0 amide bonds. The zero-order valence-corrected chi connectivity index (χ0v) is 12.3. The van der Waals surface area contributed by atoms with Crippen molar-refractivity contribution in [3.8, 4) is 0 Å². The van der Waals surface area contributed by atoms with Gasteiger partial charge in [0.15, 0.2) is 0 Å². The van der Waals surface area contributed by atoms with Crippen LogP contribution in [0.1, 0.15) is 44.9 Å². The Morgan fingerprint density at radius 1 is 1.11 bits per heavy atom. The van der Waals surface area contributed by atoms with Gasteiger partial charge in [-0.1, -0.05) is 12.8 Å². The molecule has 0 aromatic heterocycles. The predicted molar refractivity (Wildman–Crippen MR) is 75.4 cm³/mol. The Balaban J connectivity index is 1.77. The van der Waals surface area contributed by atoms with Gasteiger partial charge in [0.2, 0.25) is 10.0 Å². The first-order valence-corrected chi connectivity index (χ1v) is 9.11. The van der Waals surface area contributed by atoms with E-state index >= 15 is 0 Å². The standard InChI is InChI=1S/C13H26N2O3S/c16-13-4-2-1-3-12(13)15-19(17,18)10-7-11-5-8-14-9-6-11/h11-16H,1-10H2. The molecule has 19 heavy (non-hydrogen) atoms. The highest BCUT2D eigenvalue weighted by Crippen LogP contribution is 2.20. The zero-order valence-electron chi connectivity index (χ0n) is 11.5. The minimum Gasteiger partial charge on any atom is -0.391 e. The maximum atomic E-state index is 12.0. The second-order valence-electron chi connectivity index (χ2n) is 5.88. The van der Waals surface area contributed by atoms with Gasteiger partial charge in [-0.3, -0.25) is 0 Å². The Labute approximate surface area is 116 Å². The predicted octanol–water partition coefficient (Wildman–Crippen LogP) is 0.599. The van der Waals surface area contributed by atoms with Gasteiger partial charge in [0, 0.05) is 6.04 Å². The quantitative estimate of drug-likeness (QED) is 0.693. The molecule has 6 heteroatoms.